The number of carbonyl (C=O) groups excluding carboxylic acids is 1. The fourth-order valence-electron chi connectivity index (χ4n) is 3.19. The van der Waals surface area contributed by atoms with Gasteiger partial charge in [0.15, 0.2) is 15.0 Å². The van der Waals surface area contributed by atoms with Crippen LogP contribution >= 0.6 is 11.8 Å². The number of hydrogen-bond acceptors (Lipinski definition) is 4. The normalized spacial score (nSPS) is 25.9. The van der Waals surface area contributed by atoms with Crippen molar-refractivity contribution in [2.24, 2.45) is 4.99 Å². The Morgan fingerprint density at radius 3 is 2.32 bits per heavy atom. The molecule has 25 heavy (non-hydrogen) atoms. The lowest BCUT2D eigenvalue weighted by atomic mass is 10.2. The summed E-state index contributed by atoms with van der Waals surface area (Å²) in [6.45, 7) is 0. The Hall–Kier alpha value is -2.12. The van der Waals surface area contributed by atoms with Crippen LogP contribution in [0.3, 0.4) is 0 Å². The zero-order chi connectivity index (χ0) is 17.4. The molecular weight excluding hydrogens is 356 g/mol. The molecule has 2 saturated heterocycles. The van der Waals surface area contributed by atoms with Crippen molar-refractivity contribution in [3.05, 3.63) is 66.2 Å². The Morgan fingerprint density at radius 1 is 1.00 bits per heavy atom. The van der Waals surface area contributed by atoms with Crippen LogP contribution in [0.25, 0.3) is 0 Å². The molecule has 128 valence electrons. The molecule has 0 bridgehead atoms. The van der Waals surface area contributed by atoms with Crippen molar-refractivity contribution in [3.63, 3.8) is 0 Å². The smallest absolute Gasteiger partial charge is 0.279 e. The number of para-hydroxylation sites is 1. The number of benzene rings is 2. The highest BCUT2D eigenvalue weighted by Gasteiger charge is 2.49. The van der Waals surface area contributed by atoms with Gasteiger partial charge in [0.1, 0.15) is 0 Å². The van der Waals surface area contributed by atoms with Crippen molar-refractivity contribution in [2.75, 3.05) is 16.4 Å². The summed E-state index contributed by atoms with van der Waals surface area (Å²) in [5.74, 6) is -0.0886. The van der Waals surface area contributed by atoms with Crippen LogP contribution in [-0.2, 0) is 9.84 Å². The first-order chi connectivity index (χ1) is 12.0. The molecule has 2 aliphatic heterocycles. The van der Waals surface area contributed by atoms with Gasteiger partial charge in [0, 0.05) is 16.5 Å². The van der Waals surface area contributed by atoms with Gasteiger partial charge in [-0.15, -0.1) is 0 Å². The van der Waals surface area contributed by atoms with Crippen molar-refractivity contribution < 1.29 is 13.2 Å². The minimum Gasteiger partial charge on any atom is -0.316 e. The average molecular weight is 372 g/mol. The third-order valence-corrected chi connectivity index (χ3v) is 7.53. The highest BCUT2D eigenvalue weighted by molar-refractivity contribution is 8.16. The molecule has 2 aromatic carbocycles. The number of nitrogens with zero attached hydrogens (tertiary/aromatic N) is 2. The molecule has 2 fully saturated rings. The van der Waals surface area contributed by atoms with E-state index in [-0.39, 0.29) is 28.7 Å². The number of amidine groups is 1. The Kier molecular flexibility index (Phi) is 4.13. The first-order valence-electron chi connectivity index (χ1n) is 7.93. The van der Waals surface area contributed by atoms with E-state index in [4.69, 9.17) is 0 Å². The zero-order valence-corrected chi connectivity index (χ0v) is 14.9. The second-order valence-electron chi connectivity index (χ2n) is 6.07. The summed E-state index contributed by atoms with van der Waals surface area (Å²) in [7, 11) is -3.05. The quantitative estimate of drug-likeness (QED) is 0.811. The van der Waals surface area contributed by atoms with Gasteiger partial charge in [-0.05, 0) is 24.3 Å². The molecule has 0 aliphatic carbocycles. The lowest BCUT2D eigenvalue weighted by molar-refractivity contribution is 0.100. The number of carbonyl (C=O) groups is 1. The SMILES string of the molecule is O=C(N=C1S[C@H]2CS(=O)(=O)C[C@H]2N1c1ccccc1)c1ccccc1. The summed E-state index contributed by atoms with van der Waals surface area (Å²) in [6.07, 6.45) is 0. The number of sulfone groups is 1. The summed E-state index contributed by atoms with van der Waals surface area (Å²) in [5.41, 5.74) is 1.38. The Labute approximate surface area is 150 Å². The zero-order valence-electron chi connectivity index (χ0n) is 13.3. The van der Waals surface area contributed by atoms with E-state index in [2.05, 4.69) is 4.99 Å². The largest absolute Gasteiger partial charge is 0.316 e. The maximum Gasteiger partial charge on any atom is 0.279 e. The van der Waals surface area contributed by atoms with Gasteiger partial charge in [0.25, 0.3) is 5.91 Å². The van der Waals surface area contributed by atoms with E-state index in [9.17, 15) is 13.2 Å². The first kappa shape index (κ1) is 16.4. The van der Waals surface area contributed by atoms with E-state index in [0.29, 0.717) is 10.7 Å². The predicted octanol–water partition coefficient (Wildman–Crippen LogP) is 2.60. The molecule has 2 heterocycles. The first-order valence-corrected chi connectivity index (χ1v) is 10.6. The molecule has 0 saturated carbocycles. The molecule has 5 nitrogen and oxygen atoms in total. The topological polar surface area (TPSA) is 66.8 Å². The molecule has 0 N–H and O–H groups in total. The molecule has 2 atom stereocenters. The molecule has 7 heteroatoms. The lowest BCUT2D eigenvalue weighted by Gasteiger charge is -2.24. The fourth-order valence-corrected chi connectivity index (χ4v) is 7.10. The van der Waals surface area contributed by atoms with Gasteiger partial charge in [-0.3, -0.25) is 4.79 Å². The predicted molar refractivity (Wildman–Crippen MR) is 101 cm³/mol. The van der Waals surface area contributed by atoms with Crippen LogP contribution in [-0.4, -0.2) is 42.3 Å². The Morgan fingerprint density at radius 2 is 1.64 bits per heavy atom. The van der Waals surface area contributed by atoms with Crippen LogP contribution in [0.15, 0.2) is 65.7 Å². The molecule has 2 aromatic rings. The third kappa shape index (κ3) is 3.21. The van der Waals surface area contributed by atoms with Gasteiger partial charge in [0.2, 0.25) is 0 Å². The molecule has 0 spiro atoms. The highest BCUT2D eigenvalue weighted by atomic mass is 32.2. The summed E-state index contributed by atoms with van der Waals surface area (Å²) in [4.78, 5) is 18.7. The van der Waals surface area contributed by atoms with E-state index in [1.54, 1.807) is 24.3 Å². The van der Waals surface area contributed by atoms with Gasteiger partial charge >= 0.3 is 0 Å². The maximum atomic E-state index is 12.5. The molecule has 0 aromatic heterocycles. The van der Waals surface area contributed by atoms with Crippen molar-refractivity contribution in [1.29, 1.82) is 0 Å². The minimum absolute atomic E-state index is 0.0903. The number of aliphatic imine (C=N–C) groups is 1. The second-order valence-corrected chi connectivity index (χ2v) is 9.43. The summed E-state index contributed by atoms with van der Waals surface area (Å²) < 4.78 is 24.0. The van der Waals surface area contributed by atoms with Gasteiger partial charge in [-0.2, -0.15) is 4.99 Å². The van der Waals surface area contributed by atoms with Gasteiger partial charge in [-0.25, -0.2) is 8.42 Å². The van der Waals surface area contributed by atoms with Crippen molar-refractivity contribution in [1.82, 2.24) is 0 Å². The van der Waals surface area contributed by atoms with Crippen molar-refractivity contribution in [2.45, 2.75) is 11.3 Å². The van der Waals surface area contributed by atoms with Crippen LogP contribution in [0.4, 0.5) is 5.69 Å². The Balaban J connectivity index is 1.72. The monoisotopic (exact) mass is 372 g/mol. The van der Waals surface area contributed by atoms with Crippen LogP contribution in [0.5, 0.6) is 0 Å². The summed E-state index contributed by atoms with van der Waals surface area (Å²) >= 11 is 1.39. The summed E-state index contributed by atoms with van der Waals surface area (Å²) in [5, 5.41) is 0.484. The van der Waals surface area contributed by atoms with Crippen LogP contribution < -0.4 is 4.90 Å². The van der Waals surface area contributed by atoms with Gasteiger partial charge in [0.05, 0.1) is 17.5 Å². The standard InChI is InChI=1S/C18H16N2O3S2/c21-17(13-7-3-1-4-8-13)19-18-20(14-9-5-2-6-10-14)15-11-25(22,23)12-16(15)24-18/h1-10,15-16H,11-12H2/t15-,16+/m1/s1. The fraction of sp³-hybridized carbons (Fsp3) is 0.222. The van der Waals surface area contributed by atoms with Gasteiger partial charge < -0.3 is 4.90 Å². The number of amides is 1. The molecule has 1 amide bonds. The van der Waals surface area contributed by atoms with E-state index >= 15 is 0 Å². The van der Waals surface area contributed by atoms with E-state index in [1.807, 2.05) is 41.3 Å². The number of thioether (sulfide) groups is 1. The number of anilines is 1. The minimum atomic E-state index is -3.05. The number of fused-ring (bicyclic) bond motifs is 1. The maximum absolute atomic E-state index is 12.5. The highest BCUT2D eigenvalue weighted by Crippen LogP contribution is 2.40. The Bertz CT molecular complexity index is 927. The average Bonchev–Trinajstić information content (AvgIpc) is 3.07. The van der Waals surface area contributed by atoms with Crippen LogP contribution in [0.2, 0.25) is 0 Å². The molecular formula is C18H16N2O3S2. The number of hydrogen-bond donors (Lipinski definition) is 0. The lowest BCUT2D eigenvalue weighted by Crippen LogP contribution is -2.37. The van der Waals surface area contributed by atoms with Crippen molar-refractivity contribution >= 4 is 38.4 Å². The van der Waals surface area contributed by atoms with E-state index in [1.165, 1.54) is 11.8 Å². The molecule has 0 radical (unpaired) electrons. The third-order valence-electron chi connectivity index (χ3n) is 4.32. The van der Waals surface area contributed by atoms with E-state index in [0.717, 1.165) is 5.69 Å². The van der Waals surface area contributed by atoms with Crippen LogP contribution in [0.1, 0.15) is 10.4 Å². The second kappa shape index (κ2) is 6.31. The van der Waals surface area contributed by atoms with Gasteiger partial charge in [-0.1, -0.05) is 48.2 Å². The molecule has 4 rings (SSSR count). The summed E-state index contributed by atoms with van der Waals surface area (Å²) in [6, 6.07) is 18.2. The van der Waals surface area contributed by atoms with E-state index < -0.39 is 9.84 Å². The number of rotatable bonds is 2. The van der Waals surface area contributed by atoms with Crippen LogP contribution in [0, 0.1) is 0 Å². The molecule has 0 unspecified atom stereocenters. The van der Waals surface area contributed by atoms with Crippen molar-refractivity contribution in [3.8, 4) is 0 Å². The molecule has 2 aliphatic rings.